The zero-order chi connectivity index (χ0) is 11.7. The number of ether oxygens (including phenoxy) is 2. The van der Waals surface area contributed by atoms with Crippen molar-refractivity contribution < 1.29 is 9.47 Å². The van der Waals surface area contributed by atoms with Gasteiger partial charge in [-0.05, 0) is 24.3 Å². The van der Waals surface area contributed by atoms with Crippen LogP contribution in [0.3, 0.4) is 0 Å². The van der Waals surface area contributed by atoms with Crippen LogP contribution < -0.4 is 20.5 Å². The molecule has 2 aromatic rings. The van der Waals surface area contributed by atoms with Crippen LogP contribution in [0, 0.1) is 0 Å². The minimum absolute atomic E-state index is 0.280. The number of nitrogens with zero attached hydrogens (tertiary/aromatic N) is 1. The third-order valence-electron chi connectivity index (χ3n) is 2.45. The molecule has 0 spiro atoms. The number of fused-ring (bicyclic) bond motifs is 1. The lowest BCUT2D eigenvalue weighted by Gasteiger charge is -2.06. The van der Waals surface area contributed by atoms with Crippen molar-refractivity contribution in [1.29, 1.82) is 0 Å². The molecule has 5 nitrogen and oxygen atoms in total. The number of nitrogen functional groups attached to an aromatic ring is 1. The first-order valence-corrected chi connectivity index (χ1v) is 5.19. The van der Waals surface area contributed by atoms with Gasteiger partial charge in [-0.15, -0.1) is 0 Å². The van der Waals surface area contributed by atoms with Crippen LogP contribution in [0.4, 0.5) is 17.2 Å². The molecule has 5 heteroatoms. The molecule has 17 heavy (non-hydrogen) atoms. The van der Waals surface area contributed by atoms with Gasteiger partial charge in [0.05, 0.1) is 11.9 Å². The van der Waals surface area contributed by atoms with Crippen LogP contribution >= 0.6 is 0 Å². The van der Waals surface area contributed by atoms with Crippen molar-refractivity contribution in [2.24, 2.45) is 0 Å². The monoisotopic (exact) mass is 229 g/mol. The quantitative estimate of drug-likeness (QED) is 0.825. The molecule has 3 N–H and O–H groups in total. The van der Waals surface area contributed by atoms with E-state index in [0.717, 1.165) is 22.9 Å². The van der Waals surface area contributed by atoms with E-state index in [1.165, 1.54) is 0 Å². The van der Waals surface area contributed by atoms with Crippen LogP contribution in [0.25, 0.3) is 0 Å². The summed E-state index contributed by atoms with van der Waals surface area (Å²) in [5, 5.41) is 3.21. The minimum atomic E-state index is 0.280. The van der Waals surface area contributed by atoms with Crippen LogP contribution in [-0.2, 0) is 0 Å². The van der Waals surface area contributed by atoms with Gasteiger partial charge in [0.15, 0.2) is 11.5 Å². The Morgan fingerprint density at radius 3 is 2.71 bits per heavy atom. The summed E-state index contributed by atoms with van der Waals surface area (Å²) in [6.45, 7) is 0.280. The maximum absolute atomic E-state index is 5.52. The van der Waals surface area contributed by atoms with Crippen molar-refractivity contribution in [1.82, 2.24) is 4.98 Å². The smallest absolute Gasteiger partial charge is 0.231 e. The number of nitrogens with two attached hydrogens (primary N) is 1. The van der Waals surface area contributed by atoms with E-state index in [1.54, 1.807) is 12.3 Å². The average Bonchev–Trinajstić information content (AvgIpc) is 2.79. The molecule has 0 unspecified atom stereocenters. The van der Waals surface area contributed by atoms with Gasteiger partial charge in [-0.1, -0.05) is 0 Å². The second-order valence-electron chi connectivity index (χ2n) is 3.66. The largest absolute Gasteiger partial charge is 0.454 e. The van der Waals surface area contributed by atoms with Gasteiger partial charge >= 0.3 is 0 Å². The maximum Gasteiger partial charge on any atom is 0.231 e. The number of nitrogens with one attached hydrogen (secondary N) is 1. The maximum atomic E-state index is 5.52. The number of hydrogen-bond acceptors (Lipinski definition) is 5. The van der Waals surface area contributed by atoms with Crippen LogP contribution in [0.1, 0.15) is 0 Å². The number of anilines is 3. The van der Waals surface area contributed by atoms with Gasteiger partial charge < -0.3 is 20.5 Å². The molecule has 1 aliphatic heterocycles. The highest BCUT2D eigenvalue weighted by Crippen LogP contribution is 2.34. The molecular weight excluding hydrogens is 218 g/mol. The Morgan fingerprint density at radius 2 is 1.88 bits per heavy atom. The van der Waals surface area contributed by atoms with Gasteiger partial charge in [-0.25, -0.2) is 4.98 Å². The molecule has 3 rings (SSSR count). The van der Waals surface area contributed by atoms with E-state index in [4.69, 9.17) is 15.2 Å². The molecular formula is C12H11N3O2. The highest BCUT2D eigenvalue weighted by atomic mass is 16.7. The first kappa shape index (κ1) is 9.77. The molecule has 86 valence electrons. The molecule has 1 aliphatic rings. The van der Waals surface area contributed by atoms with Crippen LogP contribution in [0.5, 0.6) is 11.5 Å². The van der Waals surface area contributed by atoms with Crippen molar-refractivity contribution in [3.63, 3.8) is 0 Å². The van der Waals surface area contributed by atoms with Gasteiger partial charge in [0.25, 0.3) is 0 Å². The summed E-state index contributed by atoms with van der Waals surface area (Å²) in [4.78, 5) is 4.01. The van der Waals surface area contributed by atoms with E-state index in [1.807, 2.05) is 24.3 Å². The summed E-state index contributed by atoms with van der Waals surface area (Å²) in [5.74, 6) is 2.02. The van der Waals surface area contributed by atoms with E-state index < -0.39 is 0 Å². The first-order chi connectivity index (χ1) is 8.31. The molecule has 0 radical (unpaired) electrons. The molecule has 1 aromatic heterocycles. The molecule has 1 aromatic carbocycles. The van der Waals surface area contributed by atoms with E-state index in [-0.39, 0.29) is 6.79 Å². The number of hydrogen-bond donors (Lipinski definition) is 2. The fraction of sp³-hybridized carbons (Fsp3) is 0.0833. The van der Waals surface area contributed by atoms with E-state index >= 15 is 0 Å². The lowest BCUT2D eigenvalue weighted by molar-refractivity contribution is 0.174. The number of aromatic nitrogens is 1. The van der Waals surface area contributed by atoms with E-state index in [2.05, 4.69) is 10.3 Å². The first-order valence-electron chi connectivity index (χ1n) is 5.19. The van der Waals surface area contributed by atoms with Crippen molar-refractivity contribution in [2.45, 2.75) is 0 Å². The zero-order valence-corrected chi connectivity index (χ0v) is 9.01. The van der Waals surface area contributed by atoms with E-state index in [9.17, 15) is 0 Å². The lowest BCUT2D eigenvalue weighted by atomic mass is 10.2. The second-order valence-corrected chi connectivity index (χ2v) is 3.66. The summed E-state index contributed by atoms with van der Waals surface area (Å²) in [7, 11) is 0. The SMILES string of the molecule is Nc1ccc(Nc2ccc3c(c2)OCO3)cn1. The Morgan fingerprint density at radius 1 is 1.06 bits per heavy atom. The van der Waals surface area contributed by atoms with Gasteiger partial charge in [0.1, 0.15) is 5.82 Å². The number of pyridine rings is 1. The normalized spacial score (nSPS) is 12.5. The van der Waals surface area contributed by atoms with Gasteiger partial charge in [0, 0.05) is 11.8 Å². The minimum Gasteiger partial charge on any atom is -0.454 e. The van der Waals surface area contributed by atoms with Crippen LogP contribution in [-0.4, -0.2) is 11.8 Å². The van der Waals surface area contributed by atoms with Crippen molar-refractivity contribution in [3.8, 4) is 11.5 Å². The summed E-state index contributed by atoms with van der Waals surface area (Å²) < 4.78 is 10.5. The Kier molecular flexibility index (Phi) is 2.22. The molecule has 0 saturated carbocycles. The average molecular weight is 229 g/mol. The molecule has 0 bridgehead atoms. The summed E-state index contributed by atoms with van der Waals surface area (Å²) in [5.41, 5.74) is 7.31. The highest BCUT2D eigenvalue weighted by Gasteiger charge is 2.12. The van der Waals surface area contributed by atoms with Crippen molar-refractivity contribution >= 4 is 17.2 Å². The van der Waals surface area contributed by atoms with Crippen LogP contribution in [0.2, 0.25) is 0 Å². The topological polar surface area (TPSA) is 69.4 Å². The zero-order valence-electron chi connectivity index (χ0n) is 9.01. The standard InChI is InChI=1S/C12H11N3O2/c13-12-4-2-9(6-14-12)15-8-1-3-10-11(5-8)17-7-16-10/h1-6,15H,7H2,(H2,13,14). The summed E-state index contributed by atoms with van der Waals surface area (Å²) in [6.07, 6.45) is 1.68. The van der Waals surface area contributed by atoms with Crippen molar-refractivity contribution in [3.05, 3.63) is 36.5 Å². The molecule has 0 saturated heterocycles. The van der Waals surface area contributed by atoms with Gasteiger partial charge in [-0.2, -0.15) is 0 Å². The van der Waals surface area contributed by atoms with Gasteiger partial charge in [0.2, 0.25) is 6.79 Å². The fourth-order valence-electron chi connectivity index (χ4n) is 1.62. The summed E-state index contributed by atoms with van der Waals surface area (Å²) in [6, 6.07) is 9.29. The molecule has 0 fully saturated rings. The second kappa shape index (κ2) is 3.86. The van der Waals surface area contributed by atoms with E-state index in [0.29, 0.717) is 5.82 Å². The predicted molar refractivity (Wildman–Crippen MR) is 64.5 cm³/mol. The number of rotatable bonds is 2. The summed E-state index contributed by atoms with van der Waals surface area (Å²) >= 11 is 0. The third kappa shape index (κ3) is 1.94. The van der Waals surface area contributed by atoms with Crippen LogP contribution in [0.15, 0.2) is 36.5 Å². The lowest BCUT2D eigenvalue weighted by Crippen LogP contribution is -1.94. The molecule has 0 aliphatic carbocycles. The Labute approximate surface area is 98.2 Å². The Bertz CT molecular complexity index is 540. The van der Waals surface area contributed by atoms with Gasteiger partial charge in [-0.3, -0.25) is 0 Å². The Balaban J connectivity index is 1.83. The predicted octanol–water partition coefficient (Wildman–Crippen LogP) is 2.14. The fourth-order valence-corrected chi connectivity index (χ4v) is 1.62. The third-order valence-corrected chi connectivity index (χ3v) is 2.45. The Hall–Kier alpha value is -2.43. The number of benzene rings is 1. The molecule has 2 heterocycles. The molecule has 0 amide bonds. The van der Waals surface area contributed by atoms with Crippen molar-refractivity contribution in [2.75, 3.05) is 17.8 Å². The molecule has 0 atom stereocenters. The highest BCUT2D eigenvalue weighted by molar-refractivity contribution is 5.63.